The van der Waals surface area contributed by atoms with Crippen LogP contribution in [-0.4, -0.2) is 70.8 Å². The summed E-state index contributed by atoms with van der Waals surface area (Å²) in [7, 11) is 0. The van der Waals surface area contributed by atoms with Gasteiger partial charge < -0.3 is 19.7 Å². The number of carbonyl (C=O) groups is 2. The standard InChI is InChI=1S/C32H42F12O6/c1-3-16(26(46)50-24-12-19-10-20(24)11-23(19)28(48,31(39,40)41)32(42,43)44)6-4-5-15(2)25(45)49-14-22-9-17-7-18(22)8-21(17)13-27(47,29(33,34)35)30(36,37)38/h15-24,47-48H,3-14H2,1-2H3. The molecule has 6 nitrogen and oxygen atoms in total. The molecule has 4 aliphatic carbocycles. The normalized spacial score (nSPS) is 31.6. The van der Waals surface area contributed by atoms with Crippen molar-refractivity contribution < 1.29 is 82.0 Å². The fourth-order valence-electron chi connectivity index (χ4n) is 9.05. The van der Waals surface area contributed by atoms with Crippen molar-refractivity contribution in [3.05, 3.63) is 0 Å². The highest BCUT2D eigenvalue weighted by Crippen LogP contribution is 2.61. The molecular weight excluding hydrogens is 708 g/mol. The molecule has 0 amide bonds. The second kappa shape index (κ2) is 14.1. The molecule has 4 rings (SSSR count). The Morgan fingerprint density at radius 1 is 0.680 bits per heavy atom. The SMILES string of the molecule is CCC(CCCC(C)C(=O)OCC1CC2CC1CC2CC(O)(C(F)(F)F)C(F)(F)F)C(=O)OC1CC2CC1CC2C(O)(C(F)(F)F)C(F)(F)F. The highest BCUT2D eigenvalue weighted by atomic mass is 19.4. The molecule has 0 spiro atoms. The molecular formula is C32H42F12O6. The Labute approximate surface area is 280 Å². The highest BCUT2D eigenvalue weighted by molar-refractivity contribution is 5.73. The van der Waals surface area contributed by atoms with Crippen LogP contribution >= 0.6 is 0 Å². The average molecular weight is 751 g/mol. The van der Waals surface area contributed by atoms with E-state index in [0.29, 0.717) is 19.3 Å². The van der Waals surface area contributed by atoms with E-state index in [4.69, 9.17) is 9.47 Å². The van der Waals surface area contributed by atoms with Gasteiger partial charge >= 0.3 is 36.6 Å². The van der Waals surface area contributed by atoms with E-state index in [-0.39, 0.29) is 57.0 Å². The van der Waals surface area contributed by atoms with Gasteiger partial charge in [0.15, 0.2) is 0 Å². The average Bonchev–Trinajstić information content (AvgIpc) is 3.76. The number of halogens is 12. The summed E-state index contributed by atoms with van der Waals surface area (Å²) in [5, 5.41) is 19.4. The zero-order chi connectivity index (χ0) is 37.8. The Bertz CT molecular complexity index is 1190. The summed E-state index contributed by atoms with van der Waals surface area (Å²) < 4.78 is 170. The Morgan fingerprint density at radius 2 is 1.22 bits per heavy atom. The van der Waals surface area contributed by atoms with E-state index in [1.54, 1.807) is 13.8 Å². The molecule has 10 atom stereocenters. The van der Waals surface area contributed by atoms with Gasteiger partial charge in [0.1, 0.15) is 6.10 Å². The molecule has 4 saturated carbocycles. The maximum Gasteiger partial charge on any atom is 0.426 e. The highest BCUT2D eigenvalue weighted by Gasteiger charge is 2.76. The molecule has 0 radical (unpaired) electrons. The maximum absolute atomic E-state index is 13.4. The molecule has 290 valence electrons. The summed E-state index contributed by atoms with van der Waals surface area (Å²) in [6.45, 7) is 3.22. The Morgan fingerprint density at radius 3 is 1.68 bits per heavy atom. The summed E-state index contributed by atoms with van der Waals surface area (Å²) in [5.74, 6) is -8.45. The van der Waals surface area contributed by atoms with Crippen LogP contribution in [0.4, 0.5) is 52.7 Å². The minimum absolute atomic E-state index is 0.0393. The van der Waals surface area contributed by atoms with Crippen LogP contribution in [0, 0.1) is 53.3 Å². The summed E-state index contributed by atoms with van der Waals surface area (Å²) in [4.78, 5) is 25.5. The van der Waals surface area contributed by atoms with Crippen molar-refractivity contribution in [1.82, 2.24) is 0 Å². The third-order valence-corrected chi connectivity index (χ3v) is 12.0. The number of fused-ring (bicyclic) bond motifs is 4. The van der Waals surface area contributed by atoms with E-state index in [0.717, 1.165) is 0 Å². The van der Waals surface area contributed by atoms with E-state index in [2.05, 4.69) is 0 Å². The molecule has 0 saturated heterocycles. The minimum Gasteiger partial charge on any atom is -0.465 e. The van der Waals surface area contributed by atoms with E-state index < -0.39 is 108 Å². The maximum atomic E-state index is 13.4. The van der Waals surface area contributed by atoms with Crippen LogP contribution in [0.1, 0.15) is 84.5 Å². The minimum atomic E-state index is -5.93. The van der Waals surface area contributed by atoms with Gasteiger partial charge in [-0.3, -0.25) is 9.59 Å². The number of esters is 2. The van der Waals surface area contributed by atoms with Crippen molar-refractivity contribution in [3.63, 3.8) is 0 Å². The molecule has 0 aromatic heterocycles. The first kappa shape index (κ1) is 40.8. The van der Waals surface area contributed by atoms with Crippen molar-refractivity contribution in [2.24, 2.45) is 53.3 Å². The van der Waals surface area contributed by atoms with Gasteiger partial charge in [0, 0.05) is 5.92 Å². The summed E-state index contributed by atoms with van der Waals surface area (Å²) >= 11 is 0. The van der Waals surface area contributed by atoms with Gasteiger partial charge in [0.05, 0.1) is 18.4 Å². The first-order valence-corrected chi connectivity index (χ1v) is 16.8. The molecule has 18 heteroatoms. The molecule has 0 aromatic carbocycles. The second-order valence-electron chi connectivity index (χ2n) is 14.9. The molecule has 0 aromatic rings. The quantitative estimate of drug-likeness (QED) is 0.146. The molecule has 0 heterocycles. The van der Waals surface area contributed by atoms with Crippen molar-refractivity contribution in [3.8, 4) is 0 Å². The van der Waals surface area contributed by atoms with Crippen LogP contribution in [-0.2, 0) is 19.1 Å². The van der Waals surface area contributed by atoms with Crippen LogP contribution in [0.3, 0.4) is 0 Å². The number of alkyl halides is 12. The fourth-order valence-corrected chi connectivity index (χ4v) is 9.05. The molecule has 4 fully saturated rings. The molecule has 10 unspecified atom stereocenters. The van der Waals surface area contributed by atoms with Crippen molar-refractivity contribution >= 4 is 11.9 Å². The second-order valence-corrected chi connectivity index (χ2v) is 14.9. The number of carbonyl (C=O) groups excluding carboxylic acids is 2. The van der Waals surface area contributed by atoms with Crippen LogP contribution in [0.5, 0.6) is 0 Å². The Hall–Kier alpha value is -1.98. The zero-order valence-corrected chi connectivity index (χ0v) is 27.3. The van der Waals surface area contributed by atoms with Gasteiger partial charge in [0.2, 0.25) is 0 Å². The number of hydrogen-bond acceptors (Lipinski definition) is 6. The molecule has 4 bridgehead atoms. The van der Waals surface area contributed by atoms with Crippen LogP contribution in [0.15, 0.2) is 0 Å². The third kappa shape index (κ3) is 7.71. The third-order valence-electron chi connectivity index (χ3n) is 12.0. The predicted molar refractivity (Wildman–Crippen MR) is 149 cm³/mol. The number of hydrogen-bond donors (Lipinski definition) is 2. The molecule has 2 N–H and O–H groups in total. The summed E-state index contributed by atoms with van der Waals surface area (Å²) in [6, 6.07) is 0. The van der Waals surface area contributed by atoms with Crippen LogP contribution < -0.4 is 0 Å². The van der Waals surface area contributed by atoms with E-state index in [1.165, 1.54) is 0 Å². The molecule has 4 aliphatic rings. The van der Waals surface area contributed by atoms with Gasteiger partial charge in [-0.25, -0.2) is 0 Å². The Balaban J connectivity index is 1.18. The molecule has 0 aliphatic heterocycles. The van der Waals surface area contributed by atoms with E-state index in [9.17, 15) is 72.5 Å². The smallest absolute Gasteiger partial charge is 0.426 e. The number of aliphatic hydroxyl groups is 2. The monoisotopic (exact) mass is 750 g/mol. The zero-order valence-electron chi connectivity index (χ0n) is 27.3. The van der Waals surface area contributed by atoms with Crippen molar-refractivity contribution in [2.75, 3.05) is 6.61 Å². The lowest BCUT2D eigenvalue weighted by molar-refractivity contribution is -0.389. The van der Waals surface area contributed by atoms with Gasteiger partial charge in [-0.1, -0.05) is 20.3 Å². The van der Waals surface area contributed by atoms with Gasteiger partial charge in [-0.05, 0) is 99.7 Å². The molecule has 50 heavy (non-hydrogen) atoms. The first-order chi connectivity index (χ1) is 22.7. The first-order valence-electron chi connectivity index (χ1n) is 16.8. The topological polar surface area (TPSA) is 93.1 Å². The van der Waals surface area contributed by atoms with Crippen molar-refractivity contribution in [2.45, 2.75) is 126 Å². The lowest BCUT2D eigenvalue weighted by Crippen LogP contribution is -2.63. The van der Waals surface area contributed by atoms with Crippen LogP contribution in [0.2, 0.25) is 0 Å². The van der Waals surface area contributed by atoms with E-state index in [1.807, 2.05) is 0 Å². The number of rotatable bonds is 13. The fraction of sp³-hybridized carbons (Fsp3) is 0.938. The summed E-state index contributed by atoms with van der Waals surface area (Å²) in [5.41, 5.74) is -9.65. The van der Waals surface area contributed by atoms with Crippen LogP contribution in [0.25, 0.3) is 0 Å². The lowest BCUT2D eigenvalue weighted by atomic mass is 9.74. The Kier molecular flexibility index (Phi) is 11.5. The predicted octanol–water partition coefficient (Wildman–Crippen LogP) is 8.08. The van der Waals surface area contributed by atoms with Gasteiger partial charge in [-0.2, -0.15) is 52.7 Å². The van der Waals surface area contributed by atoms with E-state index >= 15 is 0 Å². The summed E-state index contributed by atoms with van der Waals surface area (Å²) in [6.07, 6.45) is -24.9. The van der Waals surface area contributed by atoms with Gasteiger partial charge in [-0.15, -0.1) is 0 Å². The van der Waals surface area contributed by atoms with Crippen molar-refractivity contribution in [1.29, 1.82) is 0 Å². The largest absolute Gasteiger partial charge is 0.465 e. The van der Waals surface area contributed by atoms with Gasteiger partial charge in [0.25, 0.3) is 11.2 Å². The number of ether oxygens (including phenoxy) is 2. The lowest BCUT2D eigenvalue weighted by Gasteiger charge is -2.41.